The van der Waals surface area contributed by atoms with Crippen molar-refractivity contribution in [3.05, 3.63) is 90.3 Å². The van der Waals surface area contributed by atoms with Gasteiger partial charge in [-0.3, -0.25) is 4.79 Å². The summed E-state index contributed by atoms with van der Waals surface area (Å²) in [6.07, 6.45) is 1.53. The number of benzene rings is 3. The largest absolute Gasteiger partial charge is 0.506 e. The van der Waals surface area contributed by atoms with Crippen LogP contribution in [0.5, 0.6) is 11.5 Å². The molecular formula is C25H20I2O4. The van der Waals surface area contributed by atoms with E-state index in [9.17, 15) is 9.90 Å². The van der Waals surface area contributed by atoms with Gasteiger partial charge in [0.1, 0.15) is 29.4 Å². The van der Waals surface area contributed by atoms with Crippen molar-refractivity contribution in [1.29, 1.82) is 0 Å². The number of carbonyl (C=O) groups is 1. The maximum Gasteiger partial charge on any atom is 0.197 e. The fourth-order valence-electron chi connectivity index (χ4n) is 3.45. The molecule has 31 heavy (non-hydrogen) atoms. The Kier molecular flexibility index (Phi) is 6.86. The van der Waals surface area contributed by atoms with Gasteiger partial charge in [-0.1, -0.05) is 37.3 Å². The second kappa shape index (κ2) is 9.60. The molecule has 0 bridgehead atoms. The highest BCUT2D eigenvalue weighted by molar-refractivity contribution is 14.1. The number of phenolic OH excluding ortho intramolecular Hbond substituents is 1. The summed E-state index contributed by atoms with van der Waals surface area (Å²) in [5.41, 5.74) is 2.85. The Balaban J connectivity index is 1.70. The molecule has 0 saturated carbocycles. The molecule has 0 aliphatic carbocycles. The Hall–Kier alpha value is -2.07. The first-order chi connectivity index (χ1) is 15.0. The van der Waals surface area contributed by atoms with Gasteiger partial charge in [-0.25, -0.2) is 0 Å². The zero-order chi connectivity index (χ0) is 22.0. The summed E-state index contributed by atoms with van der Waals surface area (Å²) < 4.78 is 13.3. The molecule has 4 nitrogen and oxygen atoms in total. The summed E-state index contributed by atoms with van der Waals surface area (Å²) in [6, 6.07) is 19.0. The van der Waals surface area contributed by atoms with Gasteiger partial charge in [0.05, 0.1) is 12.7 Å². The predicted octanol–water partition coefficient (Wildman–Crippen LogP) is 7.11. The molecule has 0 aliphatic heterocycles. The van der Waals surface area contributed by atoms with E-state index in [-0.39, 0.29) is 11.5 Å². The Morgan fingerprint density at radius 3 is 2.42 bits per heavy atom. The van der Waals surface area contributed by atoms with E-state index in [0.29, 0.717) is 48.4 Å². The molecule has 0 spiro atoms. The number of ketones is 1. The molecule has 0 atom stereocenters. The van der Waals surface area contributed by atoms with Crippen molar-refractivity contribution in [2.45, 2.75) is 26.4 Å². The van der Waals surface area contributed by atoms with Crippen LogP contribution >= 0.6 is 45.2 Å². The minimum atomic E-state index is -0.101. The van der Waals surface area contributed by atoms with Gasteiger partial charge < -0.3 is 14.3 Å². The third-order valence-electron chi connectivity index (χ3n) is 4.97. The van der Waals surface area contributed by atoms with Crippen LogP contribution in [-0.2, 0) is 13.0 Å². The molecule has 1 heterocycles. The first kappa shape index (κ1) is 22.1. The van der Waals surface area contributed by atoms with Gasteiger partial charge in [0.2, 0.25) is 0 Å². The summed E-state index contributed by atoms with van der Waals surface area (Å²) in [4.78, 5) is 13.4. The quantitative estimate of drug-likeness (QED) is 0.173. The smallest absolute Gasteiger partial charge is 0.197 e. The van der Waals surface area contributed by atoms with Gasteiger partial charge in [-0.15, -0.1) is 0 Å². The van der Waals surface area contributed by atoms with Gasteiger partial charge in [0.25, 0.3) is 0 Å². The SMILES string of the molecule is CCCc1oc2cc(OCc3ccccc3)ccc2c1C(=O)c1cc(I)c(O)c(I)c1. The molecule has 1 aromatic heterocycles. The minimum absolute atomic E-state index is 0.101. The number of hydrogen-bond acceptors (Lipinski definition) is 4. The number of carbonyl (C=O) groups excluding carboxylic acids is 1. The number of furan rings is 1. The lowest BCUT2D eigenvalue weighted by Crippen LogP contribution is -2.05. The molecule has 4 rings (SSSR count). The lowest BCUT2D eigenvalue weighted by atomic mass is 9.98. The Morgan fingerprint density at radius 2 is 1.74 bits per heavy atom. The second-order valence-electron chi connectivity index (χ2n) is 7.20. The maximum absolute atomic E-state index is 13.4. The molecular weight excluding hydrogens is 618 g/mol. The van der Waals surface area contributed by atoms with Crippen molar-refractivity contribution >= 4 is 61.9 Å². The number of rotatable bonds is 7. The number of phenols is 1. The first-order valence-electron chi connectivity index (χ1n) is 9.92. The van der Waals surface area contributed by atoms with E-state index in [2.05, 4.69) is 6.92 Å². The molecule has 1 N–H and O–H groups in total. The molecule has 0 aliphatic rings. The summed E-state index contributed by atoms with van der Waals surface area (Å²) in [5, 5.41) is 10.8. The Morgan fingerprint density at radius 1 is 1.03 bits per heavy atom. The first-order valence-corrected chi connectivity index (χ1v) is 12.1. The van der Waals surface area contributed by atoms with Crippen LogP contribution in [-0.4, -0.2) is 10.9 Å². The number of hydrogen-bond donors (Lipinski definition) is 1. The van der Waals surface area contributed by atoms with E-state index >= 15 is 0 Å². The molecule has 0 radical (unpaired) electrons. The lowest BCUT2D eigenvalue weighted by molar-refractivity contribution is 0.103. The van der Waals surface area contributed by atoms with Crippen LogP contribution in [0.3, 0.4) is 0 Å². The molecule has 0 amide bonds. The number of halogens is 2. The van der Waals surface area contributed by atoms with Crippen LogP contribution in [0.15, 0.2) is 65.1 Å². The highest BCUT2D eigenvalue weighted by atomic mass is 127. The highest BCUT2D eigenvalue weighted by Crippen LogP contribution is 2.34. The fourth-order valence-corrected chi connectivity index (χ4v) is 5.22. The van der Waals surface area contributed by atoms with Crippen molar-refractivity contribution in [2.24, 2.45) is 0 Å². The lowest BCUT2D eigenvalue weighted by Gasteiger charge is -2.07. The summed E-state index contributed by atoms with van der Waals surface area (Å²) in [5.74, 6) is 1.47. The van der Waals surface area contributed by atoms with E-state index in [1.54, 1.807) is 12.1 Å². The number of fused-ring (bicyclic) bond motifs is 1. The van der Waals surface area contributed by atoms with Crippen LogP contribution < -0.4 is 4.74 Å². The Bertz CT molecular complexity index is 1220. The molecule has 158 valence electrons. The third kappa shape index (κ3) is 4.74. The van der Waals surface area contributed by atoms with Crippen molar-refractivity contribution in [2.75, 3.05) is 0 Å². The van der Waals surface area contributed by atoms with Crippen molar-refractivity contribution in [3.8, 4) is 11.5 Å². The normalized spacial score (nSPS) is 11.1. The number of aromatic hydroxyl groups is 1. The molecule has 0 saturated heterocycles. The number of aryl methyl sites for hydroxylation is 1. The Labute approximate surface area is 207 Å². The van der Waals surface area contributed by atoms with Crippen LogP contribution in [0.2, 0.25) is 0 Å². The van der Waals surface area contributed by atoms with E-state index < -0.39 is 0 Å². The van der Waals surface area contributed by atoms with Crippen molar-refractivity contribution < 1.29 is 19.1 Å². The van der Waals surface area contributed by atoms with E-state index in [1.807, 2.05) is 93.7 Å². The van der Waals surface area contributed by atoms with Gasteiger partial charge in [0.15, 0.2) is 5.78 Å². The zero-order valence-electron chi connectivity index (χ0n) is 16.8. The van der Waals surface area contributed by atoms with Crippen LogP contribution in [0.25, 0.3) is 11.0 Å². The second-order valence-corrected chi connectivity index (χ2v) is 9.52. The monoisotopic (exact) mass is 638 g/mol. The average molecular weight is 638 g/mol. The number of ether oxygens (including phenoxy) is 1. The van der Waals surface area contributed by atoms with Crippen LogP contribution in [0.1, 0.15) is 40.6 Å². The summed E-state index contributed by atoms with van der Waals surface area (Å²) >= 11 is 4.08. The molecule has 0 unspecified atom stereocenters. The zero-order valence-corrected chi connectivity index (χ0v) is 21.1. The summed E-state index contributed by atoms with van der Waals surface area (Å²) in [6.45, 7) is 2.52. The highest BCUT2D eigenvalue weighted by Gasteiger charge is 2.23. The van der Waals surface area contributed by atoms with Crippen LogP contribution in [0, 0.1) is 7.14 Å². The van der Waals surface area contributed by atoms with Crippen molar-refractivity contribution in [1.82, 2.24) is 0 Å². The van der Waals surface area contributed by atoms with Gasteiger partial charge >= 0.3 is 0 Å². The third-order valence-corrected chi connectivity index (χ3v) is 6.61. The van der Waals surface area contributed by atoms with E-state index in [1.165, 1.54) is 0 Å². The molecule has 3 aromatic carbocycles. The summed E-state index contributed by atoms with van der Waals surface area (Å²) in [7, 11) is 0. The molecule has 4 aromatic rings. The maximum atomic E-state index is 13.4. The topological polar surface area (TPSA) is 59.7 Å². The van der Waals surface area contributed by atoms with Gasteiger partial charge in [-0.2, -0.15) is 0 Å². The van der Waals surface area contributed by atoms with E-state index in [0.717, 1.165) is 17.4 Å². The van der Waals surface area contributed by atoms with Gasteiger partial charge in [0, 0.05) is 23.4 Å². The minimum Gasteiger partial charge on any atom is -0.506 e. The average Bonchev–Trinajstić information content (AvgIpc) is 3.13. The van der Waals surface area contributed by atoms with E-state index in [4.69, 9.17) is 9.15 Å². The predicted molar refractivity (Wildman–Crippen MR) is 138 cm³/mol. The standard InChI is InChI=1S/C25H20I2O4/c1-2-6-21-23(24(28)16-11-19(26)25(29)20(27)12-16)18-10-9-17(13-22(18)31-21)30-14-15-7-4-3-5-8-15/h3-5,7-13,29H,2,6,14H2,1H3. The van der Waals surface area contributed by atoms with Crippen LogP contribution in [0.4, 0.5) is 0 Å². The van der Waals surface area contributed by atoms with Crippen molar-refractivity contribution in [3.63, 3.8) is 0 Å². The fraction of sp³-hybridized carbons (Fsp3) is 0.160. The molecule has 6 heteroatoms. The molecule has 0 fully saturated rings. The van der Waals surface area contributed by atoms with Gasteiger partial charge in [-0.05, 0) is 81.4 Å².